The van der Waals surface area contributed by atoms with E-state index in [4.69, 9.17) is 10.2 Å². The summed E-state index contributed by atoms with van der Waals surface area (Å²) in [5, 5.41) is 9.66. The van der Waals surface area contributed by atoms with Crippen molar-refractivity contribution in [1.82, 2.24) is 0 Å². The van der Waals surface area contributed by atoms with Crippen LogP contribution in [0.4, 0.5) is 5.69 Å². The number of benzene rings is 4. The average Bonchev–Trinajstić information content (AvgIpc) is 3.06. The van der Waals surface area contributed by atoms with Crippen LogP contribution in [0, 0.1) is 6.92 Å². The molecule has 4 rings (SSSR count). The molecule has 0 heterocycles. The quantitative estimate of drug-likeness (QED) is 0.100. The van der Waals surface area contributed by atoms with Crippen molar-refractivity contribution in [3.05, 3.63) is 118 Å². The third kappa shape index (κ3) is 8.86. The van der Waals surface area contributed by atoms with Crippen molar-refractivity contribution < 1.29 is 0 Å². The van der Waals surface area contributed by atoms with Crippen LogP contribution < -0.4 is 0 Å². The molecule has 224 valence electrons. The maximum atomic E-state index is 4.84. The van der Waals surface area contributed by atoms with Crippen LogP contribution in [-0.4, -0.2) is 0 Å². The second kappa shape index (κ2) is 16.8. The van der Waals surface area contributed by atoms with Gasteiger partial charge in [-0.3, -0.25) is 0 Å². The second-order valence-electron chi connectivity index (χ2n) is 11.6. The number of unbranched alkanes of at least 4 members (excludes halogenated alkanes) is 5. The van der Waals surface area contributed by atoms with Crippen molar-refractivity contribution in [2.24, 2.45) is 10.2 Å². The highest BCUT2D eigenvalue weighted by Gasteiger charge is 2.13. The van der Waals surface area contributed by atoms with Gasteiger partial charge < -0.3 is 0 Å². The predicted molar refractivity (Wildman–Crippen MR) is 187 cm³/mol. The molecular weight excluding hydrogens is 520 g/mol. The van der Waals surface area contributed by atoms with Gasteiger partial charge in [-0.2, -0.15) is 10.2 Å². The van der Waals surface area contributed by atoms with E-state index in [1.165, 1.54) is 88.6 Å². The van der Waals surface area contributed by atoms with Gasteiger partial charge in [0.15, 0.2) is 0 Å². The summed E-state index contributed by atoms with van der Waals surface area (Å²) in [4.78, 5) is 0. The zero-order valence-electron chi connectivity index (χ0n) is 27.1. The summed E-state index contributed by atoms with van der Waals surface area (Å²) in [5.74, 6) is 0. The molecule has 0 fully saturated rings. The molecule has 0 aliphatic heterocycles. The van der Waals surface area contributed by atoms with Gasteiger partial charge in [0, 0.05) is 0 Å². The lowest BCUT2D eigenvalue weighted by Gasteiger charge is -2.16. The molecule has 0 N–H and O–H groups in total. The maximum Gasteiger partial charge on any atom is 0.0866 e. The molecule has 0 aliphatic carbocycles. The molecule has 0 saturated heterocycles. The highest BCUT2D eigenvalue weighted by atomic mass is 15.1. The Kier molecular flexibility index (Phi) is 12.5. The van der Waals surface area contributed by atoms with E-state index in [1.54, 1.807) is 0 Å². The van der Waals surface area contributed by atoms with E-state index in [1.807, 2.05) is 0 Å². The van der Waals surface area contributed by atoms with Crippen LogP contribution in [0.2, 0.25) is 0 Å². The van der Waals surface area contributed by atoms with E-state index in [0.29, 0.717) is 0 Å². The summed E-state index contributed by atoms with van der Waals surface area (Å²) in [6.45, 7) is 11.2. The van der Waals surface area contributed by atoms with Gasteiger partial charge in [0.2, 0.25) is 0 Å². The van der Waals surface area contributed by atoms with Gasteiger partial charge in [-0.05, 0) is 113 Å². The van der Waals surface area contributed by atoms with Crippen molar-refractivity contribution in [2.75, 3.05) is 0 Å². The molecular formula is C41H50N2. The first-order chi connectivity index (χ1) is 21.1. The number of hydrogen-bond acceptors (Lipinski definition) is 2. The van der Waals surface area contributed by atoms with Crippen LogP contribution in [-0.2, 0) is 19.3 Å². The highest BCUT2D eigenvalue weighted by Crippen LogP contribution is 2.34. The van der Waals surface area contributed by atoms with Gasteiger partial charge in [-0.15, -0.1) is 0 Å². The maximum absolute atomic E-state index is 4.84. The van der Waals surface area contributed by atoms with E-state index in [0.717, 1.165) is 37.1 Å². The zero-order chi connectivity index (χ0) is 30.4. The lowest BCUT2D eigenvalue weighted by Crippen LogP contribution is -1.98. The molecule has 4 aromatic rings. The van der Waals surface area contributed by atoms with Crippen LogP contribution in [0.1, 0.15) is 100 Å². The molecule has 0 unspecified atom stereocenters. The number of rotatable bonds is 15. The predicted octanol–water partition coefficient (Wildman–Crippen LogP) is 12.9. The van der Waals surface area contributed by atoms with E-state index >= 15 is 0 Å². The van der Waals surface area contributed by atoms with Gasteiger partial charge in [0.05, 0.1) is 11.4 Å². The fourth-order valence-electron chi connectivity index (χ4n) is 6.02. The number of azo groups is 1. The molecule has 0 aliphatic rings. The lowest BCUT2D eigenvalue weighted by atomic mass is 9.90. The minimum atomic E-state index is 0.821. The standard InChI is InChI=1S/C41H50N2/c1-6-10-11-12-13-20-25-39-34(8-3)29-38(30-41(39)36-23-18-15-19-24-36)43-42-37(9-4)27-32-26-33(7-2)31(5)40(28-32)35-21-16-14-17-22-35/h14-19,21-24,26-30H,6-13,20,25H2,1-5H3. The van der Waals surface area contributed by atoms with Crippen LogP contribution >= 0.6 is 0 Å². The Bertz CT molecular complexity index is 1500. The highest BCUT2D eigenvalue weighted by molar-refractivity contribution is 5.74. The Balaban J connectivity index is 1.66. The van der Waals surface area contributed by atoms with Gasteiger partial charge in [-0.1, -0.05) is 127 Å². The summed E-state index contributed by atoms with van der Waals surface area (Å²) in [7, 11) is 0. The molecule has 43 heavy (non-hydrogen) atoms. The third-order valence-corrected chi connectivity index (χ3v) is 8.57. The first-order valence-corrected chi connectivity index (χ1v) is 16.6. The fourth-order valence-corrected chi connectivity index (χ4v) is 6.02. The summed E-state index contributed by atoms with van der Waals surface area (Å²) >= 11 is 0. The molecule has 0 radical (unpaired) electrons. The second-order valence-corrected chi connectivity index (χ2v) is 11.6. The molecule has 0 spiro atoms. The Morgan fingerprint density at radius 1 is 0.651 bits per heavy atom. The van der Waals surface area contributed by atoms with Gasteiger partial charge in [0.1, 0.15) is 0 Å². The first kappa shape index (κ1) is 32.1. The molecule has 0 aromatic heterocycles. The van der Waals surface area contributed by atoms with Crippen molar-refractivity contribution in [1.29, 1.82) is 0 Å². The molecule has 2 nitrogen and oxygen atoms in total. The number of hydrogen-bond donors (Lipinski definition) is 0. The Morgan fingerprint density at radius 2 is 1.28 bits per heavy atom. The summed E-state index contributed by atoms with van der Waals surface area (Å²) in [5.41, 5.74) is 13.8. The van der Waals surface area contributed by atoms with Gasteiger partial charge in [-0.25, -0.2) is 0 Å². The lowest BCUT2D eigenvalue weighted by molar-refractivity contribution is 0.607. The van der Waals surface area contributed by atoms with Crippen molar-refractivity contribution >= 4 is 11.8 Å². The normalized spacial score (nSPS) is 11.9. The molecule has 2 heteroatoms. The molecule has 0 atom stereocenters. The van der Waals surface area contributed by atoms with Crippen molar-refractivity contribution in [3.63, 3.8) is 0 Å². The summed E-state index contributed by atoms with van der Waals surface area (Å²) in [6, 6.07) is 30.7. The van der Waals surface area contributed by atoms with Gasteiger partial charge >= 0.3 is 0 Å². The smallest absolute Gasteiger partial charge is 0.0866 e. The number of allylic oxidation sites excluding steroid dienone is 1. The average molecular weight is 571 g/mol. The molecule has 4 aromatic carbocycles. The SMILES string of the molecule is CCCCCCCCc1c(CC)cc(N=NC(=Cc2cc(CC)c(C)c(-c3ccccc3)c2)CC)cc1-c1ccccc1. The van der Waals surface area contributed by atoms with Crippen LogP contribution in [0.3, 0.4) is 0 Å². The Morgan fingerprint density at radius 3 is 1.91 bits per heavy atom. The summed E-state index contributed by atoms with van der Waals surface area (Å²) < 4.78 is 0. The number of aryl methyl sites for hydroxylation is 2. The minimum absolute atomic E-state index is 0.821. The Hall–Kier alpha value is -3.78. The monoisotopic (exact) mass is 570 g/mol. The van der Waals surface area contributed by atoms with Crippen LogP contribution in [0.15, 0.2) is 101 Å². The molecule has 0 bridgehead atoms. The first-order valence-electron chi connectivity index (χ1n) is 16.6. The minimum Gasteiger partial charge on any atom is -0.155 e. The molecule has 0 amide bonds. The van der Waals surface area contributed by atoms with Crippen molar-refractivity contribution in [3.8, 4) is 22.3 Å². The van der Waals surface area contributed by atoms with Crippen LogP contribution in [0.25, 0.3) is 28.3 Å². The van der Waals surface area contributed by atoms with E-state index in [-0.39, 0.29) is 0 Å². The third-order valence-electron chi connectivity index (χ3n) is 8.57. The topological polar surface area (TPSA) is 24.7 Å². The van der Waals surface area contributed by atoms with Gasteiger partial charge in [0.25, 0.3) is 0 Å². The number of nitrogens with zero attached hydrogens (tertiary/aromatic N) is 2. The van der Waals surface area contributed by atoms with Crippen molar-refractivity contribution in [2.45, 2.75) is 98.8 Å². The fraction of sp³-hybridized carbons (Fsp3) is 0.366. The Labute approximate surface area is 261 Å². The van der Waals surface area contributed by atoms with E-state index in [9.17, 15) is 0 Å². The van der Waals surface area contributed by atoms with Crippen LogP contribution in [0.5, 0.6) is 0 Å². The molecule has 0 saturated carbocycles. The zero-order valence-corrected chi connectivity index (χ0v) is 27.1. The largest absolute Gasteiger partial charge is 0.155 e. The summed E-state index contributed by atoms with van der Waals surface area (Å²) in [6.07, 6.45) is 14.0. The van der Waals surface area contributed by atoms with E-state index < -0.39 is 0 Å². The van der Waals surface area contributed by atoms with E-state index in [2.05, 4.69) is 126 Å².